The van der Waals surface area contributed by atoms with Crippen LogP contribution in [0.25, 0.3) is 17.3 Å². The van der Waals surface area contributed by atoms with Gasteiger partial charge in [-0.25, -0.2) is 4.39 Å². The lowest BCUT2D eigenvalue weighted by atomic mass is 9.97. The number of carbonyl (C=O) groups excluding carboxylic acids is 1. The zero-order valence-electron chi connectivity index (χ0n) is 13.6. The van der Waals surface area contributed by atoms with Gasteiger partial charge in [-0.15, -0.1) is 0 Å². The van der Waals surface area contributed by atoms with Crippen LogP contribution in [0.3, 0.4) is 0 Å². The van der Waals surface area contributed by atoms with E-state index in [9.17, 15) is 9.18 Å². The minimum absolute atomic E-state index is 0.0481. The molecule has 0 aliphatic heterocycles. The SMILES string of the molecule is CC(C)(C)CNC(=O)C=Cc1ccc(-c2ccccc2F)nc1. The van der Waals surface area contributed by atoms with E-state index < -0.39 is 0 Å². The first-order chi connectivity index (χ1) is 10.8. The number of nitrogens with one attached hydrogen (secondary N) is 1. The van der Waals surface area contributed by atoms with Gasteiger partial charge in [0.25, 0.3) is 0 Å². The van der Waals surface area contributed by atoms with E-state index in [0.29, 0.717) is 17.8 Å². The summed E-state index contributed by atoms with van der Waals surface area (Å²) in [6.45, 7) is 6.79. The van der Waals surface area contributed by atoms with Crippen LogP contribution in [0, 0.1) is 11.2 Å². The lowest BCUT2D eigenvalue weighted by Crippen LogP contribution is -2.30. The number of benzene rings is 1. The van der Waals surface area contributed by atoms with E-state index in [0.717, 1.165) is 5.56 Å². The second-order valence-corrected chi connectivity index (χ2v) is 6.57. The number of hydrogen-bond donors (Lipinski definition) is 1. The topological polar surface area (TPSA) is 42.0 Å². The Labute approximate surface area is 136 Å². The molecule has 0 unspecified atom stereocenters. The van der Waals surface area contributed by atoms with Gasteiger partial charge in [0, 0.05) is 24.4 Å². The molecule has 1 aromatic carbocycles. The van der Waals surface area contributed by atoms with Gasteiger partial charge in [-0.2, -0.15) is 0 Å². The fourth-order valence-corrected chi connectivity index (χ4v) is 1.92. The van der Waals surface area contributed by atoms with E-state index in [1.165, 1.54) is 12.1 Å². The molecule has 2 rings (SSSR count). The van der Waals surface area contributed by atoms with Crippen molar-refractivity contribution in [3.05, 3.63) is 60.1 Å². The van der Waals surface area contributed by atoms with Crippen molar-refractivity contribution >= 4 is 12.0 Å². The third-order valence-corrected chi connectivity index (χ3v) is 3.16. The maximum absolute atomic E-state index is 13.7. The highest BCUT2D eigenvalue weighted by atomic mass is 19.1. The summed E-state index contributed by atoms with van der Waals surface area (Å²) in [6, 6.07) is 10.1. The Hall–Kier alpha value is -2.49. The molecule has 23 heavy (non-hydrogen) atoms. The second-order valence-electron chi connectivity index (χ2n) is 6.57. The smallest absolute Gasteiger partial charge is 0.244 e. The van der Waals surface area contributed by atoms with Crippen LogP contribution in [0.1, 0.15) is 26.3 Å². The molecule has 0 saturated carbocycles. The fourth-order valence-electron chi connectivity index (χ4n) is 1.92. The molecule has 0 fully saturated rings. The highest BCUT2D eigenvalue weighted by Crippen LogP contribution is 2.20. The molecule has 3 nitrogen and oxygen atoms in total. The molecule has 0 spiro atoms. The van der Waals surface area contributed by atoms with Crippen molar-refractivity contribution in [2.45, 2.75) is 20.8 Å². The molecule has 0 aliphatic carbocycles. The monoisotopic (exact) mass is 312 g/mol. The van der Waals surface area contributed by atoms with Gasteiger partial charge in [0.1, 0.15) is 5.82 Å². The van der Waals surface area contributed by atoms with Gasteiger partial charge in [-0.3, -0.25) is 9.78 Å². The van der Waals surface area contributed by atoms with Gasteiger partial charge < -0.3 is 5.32 Å². The molecule has 0 bridgehead atoms. The minimum atomic E-state index is -0.301. The Morgan fingerprint density at radius 1 is 1.22 bits per heavy atom. The molecule has 1 N–H and O–H groups in total. The normalized spacial score (nSPS) is 11.7. The average molecular weight is 312 g/mol. The summed E-state index contributed by atoms with van der Waals surface area (Å²) in [4.78, 5) is 16.0. The van der Waals surface area contributed by atoms with Crippen LogP contribution >= 0.6 is 0 Å². The van der Waals surface area contributed by atoms with E-state index in [1.807, 2.05) is 6.07 Å². The largest absolute Gasteiger partial charge is 0.352 e. The molecule has 2 aromatic rings. The molecule has 120 valence electrons. The van der Waals surface area contributed by atoms with Crippen molar-refractivity contribution in [3.8, 4) is 11.3 Å². The lowest BCUT2D eigenvalue weighted by Gasteiger charge is -2.17. The van der Waals surface area contributed by atoms with Gasteiger partial charge in [0.15, 0.2) is 0 Å². The molecule has 0 atom stereocenters. The van der Waals surface area contributed by atoms with Crippen molar-refractivity contribution < 1.29 is 9.18 Å². The molecular weight excluding hydrogens is 291 g/mol. The van der Waals surface area contributed by atoms with Gasteiger partial charge in [0.05, 0.1) is 5.69 Å². The third-order valence-electron chi connectivity index (χ3n) is 3.16. The molecule has 0 aliphatic rings. The molecule has 1 heterocycles. The lowest BCUT2D eigenvalue weighted by molar-refractivity contribution is -0.116. The van der Waals surface area contributed by atoms with E-state index in [4.69, 9.17) is 0 Å². The van der Waals surface area contributed by atoms with Crippen LogP contribution < -0.4 is 5.32 Å². The van der Waals surface area contributed by atoms with Crippen molar-refractivity contribution in [2.75, 3.05) is 6.54 Å². The number of hydrogen-bond acceptors (Lipinski definition) is 2. The first kappa shape index (κ1) is 16.9. The Balaban J connectivity index is 2.02. The number of nitrogens with zero attached hydrogens (tertiary/aromatic N) is 1. The van der Waals surface area contributed by atoms with Crippen LogP contribution in [0.5, 0.6) is 0 Å². The standard InChI is InChI=1S/C19H21FN2O/c1-19(2,3)13-22-18(23)11-9-14-8-10-17(21-12-14)15-6-4-5-7-16(15)20/h4-12H,13H2,1-3H3,(H,22,23). The molecule has 1 aromatic heterocycles. The zero-order valence-corrected chi connectivity index (χ0v) is 13.6. The zero-order chi connectivity index (χ0) is 16.9. The number of rotatable bonds is 4. The van der Waals surface area contributed by atoms with Crippen LogP contribution in [-0.4, -0.2) is 17.4 Å². The summed E-state index contributed by atoms with van der Waals surface area (Å²) in [6.07, 6.45) is 4.79. The highest BCUT2D eigenvalue weighted by Gasteiger charge is 2.10. The summed E-state index contributed by atoms with van der Waals surface area (Å²) < 4.78 is 13.7. The minimum Gasteiger partial charge on any atom is -0.352 e. The summed E-state index contributed by atoms with van der Waals surface area (Å²) in [5.74, 6) is -0.442. The van der Waals surface area contributed by atoms with Crippen molar-refractivity contribution in [1.29, 1.82) is 0 Å². The number of pyridine rings is 1. The number of carbonyl (C=O) groups is 1. The first-order valence-electron chi connectivity index (χ1n) is 7.52. The predicted octanol–water partition coefficient (Wildman–Crippen LogP) is 4.06. The fraction of sp³-hybridized carbons (Fsp3) is 0.263. The quantitative estimate of drug-likeness (QED) is 0.865. The summed E-state index contributed by atoms with van der Waals surface area (Å²) in [7, 11) is 0. The van der Waals surface area contributed by atoms with Gasteiger partial charge in [0.2, 0.25) is 5.91 Å². The highest BCUT2D eigenvalue weighted by molar-refractivity contribution is 5.91. The van der Waals surface area contributed by atoms with Crippen LogP contribution in [-0.2, 0) is 4.79 Å². The number of amides is 1. The van der Waals surface area contributed by atoms with E-state index in [-0.39, 0.29) is 17.1 Å². The number of halogens is 1. The van der Waals surface area contributed by atoms with Gasteiger partial charge >= 0.3 is 0 Å². The molecule has 0 radical (unpaired) electrons. The first-order valence-corrected chi connectivity index (χ1v) is 7.52. The molecule has 0 saturated heterocycles. The van der Waals surface area contributed by atoms with Crippen molar-refractivity contribution in [1.82, 2.24) is 10.3 Å². The molecule has 1 amide bonds. The average Bonchev–Trinajstić information content (AvgIpc) is 2.51. The Morgan fingerprint density at radius 3 is 2.57 bits per heavy atom. The maximum atomic E-state index is 13.7. The summed E-state index contributed by atoms with van der Waals surface area (Å²) in [5.41, 5.74) is 1.87. The third kappa shape index (κ3) is 5.33. The second kappa shape index (κ2) is 7.18. The predicted molar refractivity (Wildman–Crippen MR) is 91.1 cm³/mol. The molecular formula is C19H21FN2O. The van der Waals surface area contributed by atoms with Crippen LogP contribution in [0.4, 0.5) is 4.39 Å². The summed E-state index contributed by atoms with van der Waals surface area (Å²) in [5, 5.41) is 2.84. The van der Waals surface area contributed by atoms with Crippen LogP contribution in [0.2, 0.25) is 0 Å². The Kier molecular flexibility index (Phi) is 5.27. The van der Waals surface area contributed by atoms with E-state index in [1.54, 1.807) is 36.5 Å². The van der Waals surface area contributed by atoms with E-state index in [2.05, 4.69) is 31.1 Å². The van der Waals surface area contributed by atoms with E-state index >= 15 is 0 Å². The van der Waals surface area contributed by atoms with Gasteiger partial charge in [-0.1, -0.05) is 39.0 Å². The number of aromatic nitrogens is 1. The maximum Gasteiger partial charge on any atom is 0.244 e. The van der Waals surface area contributed by atoms with Crippen LogP contribution in [0.15, 0.2) is 48.7 Å². The Bertz CT molecular complexity index is 700. The Morgan fingerprint density at radius 2 is 1.96 bits per heavy atom. The van der Waals surface area contributed by atoms with Crippen molar-refractivity contribution in [3.63, 3.8) is 0 Å². The molecule has 4 heteroatoms. The van der Waals surface area contributed by atoms with Gasteiger partial charge in [-0.05, 0) is 35.3 Å². The summed E-state index contributed by atoms with van der Waals surface area (Å²) >= 11 is 0. The van der Waals surface area contributed by atoms with Crippen molar-refractivity contribution in [2.24, 2.45) is 5.41 Å².